The molecule has 0 saturated carbocycles. The Bertz CT molecular complexity index is 990. The Balaban J connectivity index is 0.00000320. The molecule has 0 bridgehead atoms. The van der Waals surface area contributed by atoms with Gasteiger partial charge in [-0.3, -0.25) is 0 Å². The predicted molar refractivity (Wildman–Crippen MR) is 121 cm³/mol. The molecule has 0 aliphatic heterocycles. The Morgan fingerprint density at radius 2 is 1.93 bits per heavy atom. The zero-order chi connectivity index (χ0) is 20.8. The molecule has 2 N–H and O–H groups in total. The summed E-state index contributed by atoms with van der Waals surface area (Å²) < 4.78 is 12.9. The lowest BCUT2D eigenvalue weighted by molar-refractivity contribution is 0.237. The number of nitrogens with one attached hydrogen (secondary N) is 2. The Morgan fingerprint density at radius 1 is 1.17 bits per heavy atom. The molecule has 30 heavy (non-hydrogen) atoms. The minimum Gasteiger partial charge on any atom is -0.497 e. The van der Waals surface area contributed by atoms with Crippen molar-refractivity contribution < 1.29 is 14.3 Å². The van der Waals surface area contributed by atoms with Crippen LogP contribution < -0.4 is 20.1 Å². The molecular formula is C22H29ClN4O3. The van der Waals surface area contributed by atoms with Crippen molar-refractivity contribution >= 4 is 29.5 Å². The number of ether oxygens (including phenoxy) is 2. The van der Waals surface area contributed by atoms with Gasteiger partial charge in [0, 0.05) is 18.7 Å². The predicted octanol–water partition coefficient (Wildman–Crippen LogP) is 4.23. The van der Waals surface area contributed by atoms with Crippen LogP contribution >= 0.6 is 12.4 Å². The highest BCUT2D eigenvalue weighted by molar-refractivity contribution is 5.85. The minimum atomic E-state index is -0.222. The van der Waals surface area contributed by atoms with Crippen molar-refractivity contribution in [3.8, 4) is 11.5 Å². The normalized spacial score (nSPS) is 11.5. The van der Waals surface area contributed by atoms with Crippen LogP contribution in [0.25, 0.3) is 11.0 Å². The van der Waals surface area contributed by atoms with Gasteiger partial charge in [-0.25, -0.2) is 9.78 Å². The number of carbonyl (C=O) groups excluding carboxylic acids is 1. The summed E-state index contributed by atoms with van der Waals surface area (Å²) in [6.07, 6.45) is 0.811. The van der Waals surface area contributed by atoms with Gasteiger partial charge in [-0.1, -0.05) is 12.1 Å². The van der Waals surface area contributed by atoms with E-state index >= 15 is 0 Å². The first kappa shape index (κ1) is 23.3. The summed E-state index contributed by atoms with van der Waals surface area (Å²) in [5, 5.41) is 5.88. The molecule has 7 nitrogen and oxygen atoms in total. The fourth-order valence-corrected chi connectivity index (χ4v) is 3.42. The topological polar surface area (TPSA) is 77.4 Å². The molecule has 0 aliphatic rings. The summed E-state index contributed by atoms with van der Waals surface area (Å²) in [4.78, 5) is 16.9. The highest BCUT2D eigenvalue weighted by Crippen LogP contribution is 2.29. The van der Waals surface area contributed by atoms with E-state index in [0.717, 1.165) is 41.1 Å². The van der Waals surface area contributed by atoms with Gasteiger partial charge < -0.3 is 24.7 Å². The molecule has 2 amide bonds. The third-order valence-electron chi connectivity index (χ3n) is 4.94. The summed E-state index contributed by atoms with van der Waals surface area (Å²) in [5.41, 5.74) is 2.98. The molecule has 2 aromatic carbocycles. The fourth-order valence-electron chi connectivity index (χ4n) is 3.42. The van der Waals surface area contributed by atoms with Crippen LogP contribution in [0.15, 0.2) is 42.5 Å². The van der Waals surface area contributed by atoms with Crippen LogP contribution in [0, 0.1) is 6.92 Å². The summed E-state index contributed by atoms with van der Waals surface area (Å²) in [7, 11) is 3.22. The van der Waals surface area contributed by atoms with Crippen LogP contribution in [0.1, 0.15) is 30.8 Å². The van der Waals surface area contributed by atoms with Gasteiger partial charge in [0.15, 0.2) is 0 Å². The van der Waals surface area contributed by atoms with Crippen LogP contribution in [0.3, 0.4) is 0 Å². The Labute approximate surface area is 183 Å². The molecular weight excluding hydrogens is 404 g/mol. The van der Waals surface area contributed by atoms with Gasteiger partial charge >= 0.3 is 6.03 Å². The van der Waals surface area contributed by atoms with Gasteiger partial charge in [0.05, 0.1) is 31.3 Å². The molecule has 3 rings (SSSR count). The summed E-state index contributed by atoms with van der Waals surface area (Å²) in [5.74, 6) is 2.41. The number of para-hydroxylation sites is 2. The van der Waals surface area contributed by atoms with Gasteiger partial charge in [-0.05, 0) is 50.6 Å². The number of carbonyl (C=O) groups is 1. The number of nitrogens with zero attached hydrogens (tertiary/aromatic N) is 2. The van der Waals surface area contributed by atoms with Gasteiger partial charge in [0.1, 0.15) is 17.3 Å². The largest absolute Gasteiger partial charge is 0.497 e. The van der Waals surface area contributed by atoms with Crippen LogP contribution in [0.4, 0.5) is 4.79 Å². The van der Waals surface area contributed by atoms with Gasteiger partial charge in [-0.2, -0.15) is 0 Å². The standard InChI is InChI=1S/C22H28N4O3.ClH/c1-15(18-14-17(28-3)10-11-21(18)29-4)24-22(27)23-12-7-13-26-16(2)25-19-8-5-6-9-20(19)26;/h5-6,8-11,14-15H,7,12-13H2,1-4H3,(H2,23,24,27);1H. The number of benzene rings is 2. The van der Waals surface area contributed by atoms with Gasteiger partial charge in [0.2, 0.25) is 0 Å². The smallest absolute Gasteiger partial charge is 0.315 e. The zero-order valence-corrected chi connectivity index (χ0v) is 18.6. The van der Waals surface area contributed by atoms with Gasteiger partial charge in [0.25, 0.3) is 0 Å². The van der Waals surface area contributed by atoms with Crippen LogP contribution in [0.2, 0.25) is 0 Å². The highest BCUT2D eigenvalue weighted by Gasteiger charge is 2.15. The molecule has 1 aromatic heterocycles. The Hall–Kier alpha value is -2.93. The van der Waals surface area contributed by atoms with E-state index in [0.29, 0.717) is 12.3 Å². The maximum atomic E-state index is 12.3. The van der Waals surface area contributed by atoms with E-state index in [2.05, 4.69) is 26.3 Å². The molecule has 3 aromatic rings. The lowest BCUT2D eigenvalue weighted by atomic mass is 10.1. The molecule has 0 saturated heterocycles. The molecule has 162 valence electrons. The number of fused-ring (bicyclic) bond motifs is 1. The number of amides is 2. The molecule has 1 atom stereocenters. The van der Waals surface area contributed by atoms with E-state index in [9.17, 15) is 4.79 Å². The van der Waals surface area contributed by atoms with Crippen LogP contribution in [-0.4, -0.2) is 36.3 Å². The van der Waals surface area contributed by atoms with Crippen molar-refractivity contribution in [1.29, 1.82) is 0 Å². The van der Waals surface area contributed by atoms with E-state index in [1.165, 1.54) is 0 Å². The van der Waals surface area contributed by atoms with Crippen molar-refractivity contribution in [2.45, 2.75) is 32.9 Å². The lowest BCUT2D eigenvalue weighted by Crippen LogP contribution is -2.37. The Morgan fingerprint density at radius 3 is 2.67 bits per heavy atom. The Kier molecular flexibility index (Phi) is 8.35. The van der Waals surface area contributed by atoms with E-state index < -0.39 is 0 Å². The number of urea groups is 1. The number of hydrogen-bond acceptors (Lipinski definition) is 4. The van der Waals surface area contributed by atoms with Crippen molar-refractivity contribution in [1.82, 2.24) is 20.2 Å². The maximum absolute atomic E-state index is 12.3. The number of aryl methyl sites for hydroxylation is 2. The number of halogens is 1. The number of rotatable bonds is 8. The molecule has 0 aliphatic carbocycles. The first-order chi connectivity index (χ1) is 14.0. The lowest BCUT2D eigenvalue weighted by Gasteiger charge is -2.18. The van der Waals surface area contributed by atoms with Crippen LogP contribution in [0.5, 0.6) is 11.5 Å². The van der Waals surface area contributed by atoms with E-state index in [-0.39, 0.29) is 24.5 Å². The molecule has 0 radical (unpaired) electrons. The number of methoxy groups -OCH3 is 2. The first-order valence-corrected chi connectivity index (χ1v) is 9.71. The molecule has 1 heterocycles. The highest BCUT2D eigenvalue weighted by atomic mass is 35.5. The third kappa shape index (κ3) is 5.36. The molecule has 8 heteroatoms. The average molecular weight is 433 g/mol. The number of aromatic nitrogens is 2. The second-order valence-electron chi connectivity index (χ2n) is 6.88. The minimum absolute atomic E-state index is 0. The second-order valence-corrected chi connectivity index (χ2v) is 6.88. The fraction of sp³-hybridized carbons (Fsp3) is 0.364. The SMILES string of the molecule is COc1ccc(OC)c(C(C)NC(=O)NCCCn2c(C)nc3ccccc32)c1.Cl. The summed E-state index contributed by atoms with van der Waals surface area (Å²) >= 11 is 0. The first-order valence-electron chi connectivity index (χ1n) is 9.71. The maximum Gasteiger partial charge on any atom is 0.315 e. The zero-order valence-electron chi connectivity index (χ0n) is 17.8. The number of imidazole rings is 1. The van der Waals surface area contributed by atoms with Gasteiger partial charge in [-0.15, -0.1) is 12.4 Å². The second kappa shape index (κ2) is 10.7. The van der Waals surface area contributed by atoms with E-state index in [1.54, 1.807) is 14.2 Å². The van der Waals surface area contributed by atoms with Crippen molar-refractivity contribution in [3.05, 3.63) is 53.9 Å². The van der Waals surface area contributed by atoms with Crippen molar-refractivity contribution in [2.24, 2.45) is 0 Å². The number of hydrogen-bond donors (Lipinski definition) is 2. The van der Waals surface area contributed by atoms with Crippen molar-refractivity contribution in [2.75, 3.05) is 20.8 Å². The molecule has 0 spiro atoms. The summed E-state index contributed by atoms with van der Waals surface area (Å²) in [6, 6.07) is 13.2. The third-order valence-corrected chi connectivity index (χ3v) is 4.94. The van der Waals surface area contributed by atoms with Crippen molar-refractivity contribution in [3.63, 3.8) is 0 Å². The van der Waals surface area contributed by atoms with Crippen LogP contribution in [-0.2, 0) is 6.54 Å². The summed E-state index contributed by atoms with van der Waals surface area (Å²) in [6.45, 7) is 5.28. The van der Waals surface area contributed by atoms with E-state index in [4.69, 9.17) is 9.47 Å². The monoisotopic (exact) mass is 432 g/mol. The quantitative estimate of drug-likeness (QED) is 0.522. The average Bonchev–Trinajstić information content (AvgIpc) is 3.05. The molecule has 0 fully saturated rings. The van der Waals surface area contributed by atoms with E-state index in [1.807, 2.05) is 50.2 Å². The molecule has 1 unspecified atom stereocenters.